The average Bonchev–Trinajstić information content (AvgIpc) is 2.74. The number of benzene rings is 1. The van der Waals surface area contributed by atoms with Crippen LogP contribution in [0.2, 0.25) is 0 Å². The van der Waals surface area contributed by atoms with Crippen molar-refractivity contribution in [2.75, 3.05) is 7.05 Å². The molecule has 0 aliphatic carbocycles. The van der Waals surface area contributed by atoms with E-state index in [1.54, 1.807) is 24.3 Å². The highest BCUT2D eigenvalue weighted by Crippen LogP contribution is 2.22. The number of alkyl halides is 2. The molecule has 21 heavy (non-hydrogen) atoms. The van der Waals surface area contributed by atoms with Crippen molar-refractivity contribution in [2.45, 2.75) is 26.0 Å². The van der Waals surface area contributed by atoms with Crippen LogP contribution >= 0.6 is 0 Å². The highest BCUT2D eigenvalue weighted by molar-refractivity contribution is 5.30. The number of hydrogen-bond donors (Lipinski definition) is 1. The van der Waals surface area contributed by atoms with E-state index in [1.807, 2.05) is 31.8 Å². The summed E-state index contributed by atoms with van der Waals surface area (Å²) < 4.78 is 30.5. The molecular formula is C15H19F2N3O. The van der Waals surface area contributed by atoms with Crippen LogP contribution in [0, 0.1) is 6.92 Å². The second-order valence-electron chi connectivity index (χ2n) is 4.89. The molecule has 1 atom stereocenters. The zero-order valence-corrected chi connectivity index (χ0v) is 12.3. The third kappa shape index (κ3) is 4.01. The van der Waals surface area contributed by atoms with Gasteiger partial charge in [-0.2, -0.15) is 13.9 Å². The Kier molecular flexibility index (Phi) is 4.90. The first kappa shape index (κ1) is 15.4. The first-order chi connectivity index (χ1) is 9.99. The molecule has 1 unspecified atom stereocenters. The van der Waals surface area contributed by atoms with Crippen molar-refractivity contribution in [3.63, 3.8) is 0 Å². The van der Waals surface area contributed by atoms with Crippen molar-refractivity contribution in [2.24, 2.45) is 7.05 Å². The average molecular weight is 295 g/mol. The molecule has 2 rings (SSSR count). The lowest BCUT2D eigenvalue weighted by molar-refractivity contribution is -0.0498. The second kappa shape index (κ2) is 6.67. The van der Waals surface area contributed by atoms with Crippen LogP contribution in [0.15, 0.2) is 30.3 Å². The predicted molar refractivity (Wildman–Crippen MR) is 76.5 cm³/mol. The maximum atomic E-state index is 12.1. The maximum absolute atomic E-state index is 12.1. The zero-order valence-electron chi connectivity index (χ0n) is 12.3. The monoisotopic (exact) mass is 295 g/mol. The fourth-order valence-electron chi connectivity index (χ4n) is 2.33. The Morgan fingerprint density at radius 1 is 1.29 bits per heavy atom. The molecule has 0 aliphatic rings. The third-order valence-electron chi connectivity index (χ3n) is 3.37. The fraction of sp³-hybridized carbons (Fsp3) is 0.400. The number of nitrogens with zero attached hydrogens (tertiary/aromatic N) is 2. The number of ether oxygens (including phenoxy) is 1. The van der Waals surface area contributed by atoms with Gasteiger partial charge in [0.2, 0.25) is 0 Å². The van der Waals surface area contributed by atoms with Gasteiger partial charge in [0, 0.05) is 25.2 Å². The molecule has 0 fully saturated rings. The van der Waals surface area contributed by atoms with Crippen molar-refractivity contribution >= 4 is 0 Å². The lowest BCUT2D eigenvalue weighted by Crippen LogP contribution is -2.20. The molecule has 0 saturated heterocycles. The molecule has 6 heteroatoms. The van der Waals surface area contributed by atoms with E-state index >= 15 is 0 Å². The first-order valence-electron chi connectivity index (χ1n) is 6.71. The summed E-state index contributed by atoms with van der Waals surface area (Å²) in [7, 11) is 3.78. The Morgan fingerprint density at radius 2 is 1.95 bits per heavy atom. The smallest absolute Gasteiger partial charge is 0.387 e. The number of rotatable bonds is 6. The summed E-state index contributed by atoms with van der Waals surface area (Å²) in [6.07, 6.45) is 0.767. The van der Waals surface area contributed by atoms with Crippen LogP contribution in [0.3, 0.4) is 0 Å². The van der Waals surface area contributed by atoms with Gasteiger partial charge in [0.25, 0.3) is 0 Å². The number of aryl methyl sites for hydroxylation is 2. The van der Waals surface area contributed by atoms with Gasteiger partial charge in [0.15, 0.2) is 0 Å². The normalized spacial score (nSPS) is 12.7. The molecule has 0 saturated carbocycles. The van der Waals surface area contributed by atoms with E-state index in [0.717, 1.165) is 23.4 Å². The number of aromatic nitrogens is 2. The van der Waals surface area contributed by atoms with Gasteiger partial charge < -0.3 is 10.1 Å². The van der Waals surface area contributed by atoms with Crippen molar-refractivity contribution in [1.29, 1.82) is 0 Å². The van der Waals surface area contributed by atoms with Gasteiger partial charge in [-0.15, -0.1) is 0 Å². The van der Waals surface area contributed by atoms with Crippen LogP contribution in [-0.2, 0) is 13.5 Å². The Morgan fingerprint density at radius 3 is 2.43 bits per heavy atom. The van der Waals surface area contributed by atoms with Gasteiger partial charge in [-0.3, -0.25) is 4.68 Å². The molecule has 1 aromatic carbocycles. The van der Waals surface area contributed by atoms with E-state index in [-0.39, 0.29) is 11.8 Å². The molecular weight excluding hydrogens is 276 g/mol. The fourth-order valence-corrected chi connectivity index (χ4v) is 2.33. The Hall–Kier alpha value is -1.95. The third-order valence-corrected chi connectivity index (χ3v) is 3.37. The van der Waals surface area contributed by atoms with Crippen LogP contribution < -0.4 is 10.1 Å². The quantitative estimate of drug-likeness (QED) is 0.890. The highest BCUT2D eigenvalue weighted by atomic mass is 19.3. The molecule has 1 aromatic heterocycles. The van der Waals surface area contributed by atoms with Crippen LogP contribution in [-0.4, -0.2) is 23.4 Å². The molecule has 0 amide bonds. The van der Waals surface area contributed by atoms with E-state index in [0.29, 0.717) is 0 Å². The second-order valence-corrected chi connectivity index (χ2v) is 4.89. The van der Waals surface area contributed by atoms with E-state index in [2.05, 4.69) is 15.2 Å². The van der Waals surface area contributed by atoms with E-state index in [4.69, 9.17) is 0 Å². The summed E-state index contributed by atoms with van der Waals surface area (Å²) >= 11 is 0. The standard InChI is InChI=1S/C15H19F2N3O/c1-10-8-12(20(3)19-10)9-14(18-2)11-4-6-13(7-5-11)21-15(16)17/h4-8,14-15,18H,9H2,1-3H3. The summed E-state index contributed by atoms with van der Waals surface area (Å²) in [4.78, 5) is 0. The van der Waals surface area contributed by atoms with Gasteiger partial charge in [-0.1, -0.05) is 12.1 Å². The maximum Gasteiger partial charge on any atom is 0.387 e. The summed E-state index contributed by atoms with van der Waals surface area (Å²) in [5, 5.41) is 7.56. The van der Waals surface area contributed by atoms with Gasteiger partial charge in [-0.25, -0.2) is 0 Å². The summed E-state index contributed by atoms with van der Waals surface area (Å²) in [6, 6.07) is 8.82. The van der Waals surface area contributed by atoms with E-state index in [9.17, 15) is 8.78 Å². The summed E-state index contributed by atoms with van der Waals surface area (Å²) in [6.45, 7) is -0.845. The Bertz CT molecular complexity index is 581. The molecule has 0 aliphatic heterocycles. The molecule has 4 nitrogen and oxygen atoms in total. The molecule has 1 heterocycles. The topological polar surface area (TPSA) is 39.1 Å². The van der Waals surface area contributed by atoms with Gasteiger partial charge >= 0.3 is 6.61 Å². The Balaban J connectivity index is 2.12. The number of hydrogen-bond acceptors (Lipinski definition) is 3. The SMILES string of the molecule is CNC(Cc1cc(C)nn1C)c1ccc(OC(F)F)cc1. The number of likely N-dealkylation sites (N-methyl/N-ethyl adjacent to an activating group) is 1. The molecule has 2 aromatic rings. The number of nitrogens with one attached hydrogen (secondary N) is 1. The summed E-state index contributed by atoms with van der Waals surface area (Å²) in [5.74, 6) is 0.167. The van der Waals surface area contributed by atoms with Gasteiger partial charge in [-0.05, 0) is 37.7 Å². The van der Waals surface area contributed by atoms with Crippen molar-refractivity contribution < 1.29 is 13.5 Å². The summed E-state index contributed by atoms with van der Waals surface area (Å²) in [5.41, 5.74) is 3.10. The van der Waals surface area contributed by atoms with Crippen LogP contribution in [0.25, 0.3) is 0 Å². The largest absolute Gasteiger partial charge is 0.435 e. The van der Waals surface area contributed by atoms with E-state index < -0.39 is 6.61 Å². The molecule has 0 bridgehead atoms. The lowest BCUT2D eigenvalue weighted by atomic mass is 10.0. The highest BCUT2D eigenvalue weighted by Gasteiger charge is 2.14. The molecule has 114 valence electrons. The van der Waals surface area contributed by atoms with E-state index in [1.165, 1.54) is 0 Å². The van der Waals surface area contributed by atoms with Crippen LogP contribution in [0.1, 0.15) is 23.0 Å². The van der Waals surface area contributed by atoms with Gasteiger partial charge in [0.05, 0.1) is 5.69 Å². The predicted octanol–water partition coefficient (Wildman–Crippen LogP) is 2.83. The zero-order chi connectivity index (χ0) is 15.4. The minimum absolute atomic E-state index is 0.0837. The minimum Gasteiger partial charge on any atom is -0.435 e. The number of halogens is 2. The minimum atomic E-state index is -2.80. The first-order valence-corrected chi connectivity index (χ1v) is 6.71. The van der Waals surface area contributed by atoms with Crippen molar-refractivity contribution in [1.82, 2.24) is 15.1 Å². The van der Waals surface area contributed by atoms with Crippen molar-refractivity contribution in [3.05, 3.63) is 47.3 Å². The van der Waals surface area contributed by atoms with Gasteiger partial charge in [0.1, 0.15) is 5.75 Å². The van der Waals surface area contributed by atoms with Crippen LogP contribution in [0.5, 0.6) is 5.75 Å². The molecule has 0 spiro atoms. The molecule has 1 N–H and O–H groups in total. The Labute approximate surface area is 122 Å². The molecule has 0 radical (unpaired) electrons. The van der Waals surface area contributed by atoms with Crippen molar-refractivity contribution in [3.8, 4) is 5.75 Å². The lowest BCUT2D eigenvalue weighted by Gasteiger charge is -2.17. The van der Waals surface area contributed by atoms with Crippen LogP contribution in [0.4, 0.5) is 8.78 Å².